The van der Waals surface area contributed by atoms with Gasteiger partial charge in [0.25, 0.3) is 0 Å². The highest BCUT2D eigenvalue weighted by atomic mass is 35.5. The predicted octanol–water partition coefficient (Wildman–Crippen LogP) is 2.18. The van der Waals surface area contributed by atoms with Crippen LogP contribution in [0.3, 0.4) is 0 Å². The SMILES string of the molecule is Cc1ccc(Cl)cc1S(=O)(=O)N[C@H]1CC[C@@H](C(=O)O)C1. The summed E-state index contributed by atoms with van der Waals surface area (Å²) in [6.45, 7) is 1.69. The number of halogens is 1. The van der Waals surface area contributed by atoms with Gasteiger partial charge in [-0.3, -0.25) is 4.79 Å². The van der Waals surface area contributed by atoms with Gasteiger partial charge in [-0.15, -0.1) is 0 Å². The first kappa shape index (κ1) is 15.3. The van der Waals surface area contributed by atoms with Crippen molar-refractivity contribution in [3.8, 4) is 0 Å². The molecule has 1 aliphatic rings. The molecule has 0 spiro atoms. The van der Waals surface area contributed by atoms with Gasteiger partial charge in [-0.2, -0.15) is 0 Å². The van der Waals surface area contributed by atoms with Crippen molar-refractivity contribution in [2.45, 2.75) is 37.1 Å². The maximum Gasteiger partial charge on any atom is 0.306 e. The van der Waals surface area contributed by atoms with Crippen LogP contribution in [0.1, 0.15) is 24.8 Å². The lowest BCUT2D eigenvalue weighted by atomic mass is 10.1. The highest BCUT2D eigenvalue weighted by molar-refractivity contribution is 7.89. The Hall–Kier alpha value is -1.11. The third-order valence-corrected chi connectivity index (χ3v) is 5.44. The van der Waals surface area contributed by atoms with Crippen LogP contribution in [0.2, 0.25) is 5.02 Å². The zero-order valence-electron chi connectivity index (χ0n) is 11.0. The van der Waals surface area contributed by atoms with Gasteiger partial charge in [-0.25, -0.2) is 13.1 Å². The smallest absolute Gasteiger partial charge is 0.306 e. The zero-order chi connectivity index (χ0) is 14.9. The van der Waals surface area contributed by atoms with Crippen molar-refractivity contribution >= 4 is 27.6 Å². The highest BCUT2D eigenvalue weighted by Crippen LogP contribution is 2.28. The molecule has 5 nitrogen and oxygen atoms in total. The number of hydrogen-bond donors (Lipinski definition) is 2. The fourth-order valence-electron chi connectivity index (χ4n) is 2.46. The van der Waals surface area contributed by atoms with Crippen molar-refractivity contribution in [1.29, 1.82) is 0 Å². The van der Waals surface area contributed by atoms with Crippen LogP contribution < -0.4 is 4.72 Å². The summed E-state index contributed by atoms with van der Waals surface area (Å²) in [4.78, 5) is 11.0. The Morgan fingerprint density at radius 1 is 1.40 bits per heavy atom. The van der Waals surface area contributed by atoms with E-state index in [1.807, 2.05) is 0 Å². The van der Waals surface area contributed by atoms with Gasteiger partial charge in [-0.1, -0.05) is 17.7 Å². The van der Waals surface area contributed by atoms with E-state index in [1.165, 1.54) is 6.07 Å². The molecule has 1 aromatic rings. The van der Waals surface area contributed by atoms with Gasteiger partial charge in [-0.05, 0) is 43.9 Å². The van der Waals surface area contributed by atoms with Crippen LogP contribution in [0, 0.1) is 12.8 Å². The lowest BCUT2D eigenvalue weighted by molar-refractivity contribution is -0.141. The van der Waals surface area contributed by atoms with Gasteiger partial charge in [0, 0.05) is 11.1 Å². The monoisotopic (exact) mass is 317 g/mol. The van der Waals surface area contributed by atoms with Crippen LogP contribution in [-0.4, -0.2) is 25.5 Å². The molecule has 20 heavy (non-hydrogen) atoms. The van der Waals surface area contributed by atoms with E-state index in [4.69, 9.17) is 16.7 Å². The van der Waals surface area contributed by atoms with E-state index in [2.05, 4.69) is 4.72 Å². The zero-order valence-corrected chi connectivity index (χ0v) is 12.5. The maximum absolute atomic E-state index is 12.3. The number of nitrogens with one attached hydrogen (secondary N) is 1. The molecule has 1 aliphatic carbocycles. The number of carboxylic acids is 1. The molecule has 0 heterocycles. The maximum atomic E-state index is 12.3. The second kappa shape index (κ2) is 5.71. The summed E-state index contributed by atoms with van der Waals surface area (Å²) in [5.74, 6) is -1.34. The van der Waals surface area contributed by atoms with Crippen molar-refractivity contribution in [2.24, 2.45) is 5.92 Å². The van der Waals surface area contributed by atoms with E-state index < -0.39 is 21.9 Å². The standard InChI is InChI=1S/C13H16ClNO4S/c1-8-2-4-10(14)7-12(8)20(18,19)15-11-5-3-9(6-11)13(16)17/h2,4,7,9,11,15H,3,5-6H2,1H3,(H,16,17)/t9-,11+/m1/s1. The highest BCUT2D eigenvalue weighted by Gasteiger charge is 2.32. The number of hydrogen-bond acceptors (Lipinski definition) is 3. The summed E-state index contributed by atoms with van der Waals surface area (Å²) < 4.78 is 27.2. The molecule has 1 saturated carbocycles. The Labute approximate surface area is 123 Å². The van der Waals surface area contributed by atoms with Crippen LogP contribution >= 0.6 is 11.6 Å². The Balaban J connectivity index is 2.16. The number of rotatable bonds is 4. The van der Waals surface area contributed by atoms with E-state index in [1.54, 1.807) is 19.1 Å². The number of carbonyl (C=O) groups is 1. The van der Waals surface area contributed by atoms with Crippen molar-refractivity contribution in [1.82, 2.24) is 4.72 Å². The van der Waals surface area contributed by atoms with Crippen LogP contribution in [0.4, 0.5) is 0 Å². The minimum atomic E-state index is -3.67. The van der Waals surface area contributed by atoms with Crippen molar-refractivity contribution < 1.29 is 18.3 Å². The summed E-state index contributed by atoms with van der Waals surface area (Å²) in [5, 5.41) is 9.28. The number of aliphatic carboxylic acids is 1. The summed E-state index contributed by atoms with van der Waals surface area (Å²) in [6, 6.07) is 4.35. The molecule has 1 fully saturated rings. The van der Waals surface area contributed by atoms with Gasteiger partial charge in [0.2, 0.25) is 10.0 Å². The topological polar surface area (TPSA) is 83.5 Å². The summed E-state index contributed by atoms with van der Waals surface area (Å²) in [7, 11) is -3.67. The predicted molar refractivity (Wildman–Crippen MR) is 75.3 cm³/mol. The summed E-state index contributed by atoms with van der Waals surface area (Å²) in [5.41, 5.74) is 0.606. The second-order valence-electron chi connectivity index (χ2n) is 5.08. The second-order valence-corrected chi connectivity index (χ2v) is 7.20. The van der Waals surface area contributed by atoms with Crippen molar-refractivity contribution in [3.05, 3.63) is 28.8 Å². The Kier molecular flexibility index (Phi) is 4.36. The van der Waals surface area contributed by atoms with Crippen LogP contribution in [0.25, 0.3) is 0 Å². The van der Waals surface area contributed by atoms with Crippen LogP contribution in [0.15, 0.2) is 23.1 Å². The molecule has 0 saturated heterocycles. The molecular weight excluding hydrogens is 302 g/mol. The summed E-state index contributed by atoms with van der Waals surface area (Å²) >= 11 is 5.83. The largest absolute Gasteiger partial charge is 0.481 e. The number of aryl methyl sites for hydroxylation is 1. The van der Waals surface area contributed by atoms with Crippen molar-refractivity contribution in [2.75, 3.05) is 0 Å². The molecule has 0 bridgehead atoms. The average Bonchev–Trinajstić information content (AvgIpc) is 2.80. The summed E-state index contributed by atoms with van der Waals surface area (Å²) in [6.07, 6.45) is 1.36. The average molecular weight is 318 g/mol. The molecule has 2 atom stereocenters. The first-order chi connectivity index (χ1) is 9.29. The molecule has 1 aromatic carbocycles. The molecule has 0 radical (unpaired) electrons. The Bertz CT molecular complexity index is 629. The number of benzene rings is 1. The van der Waals surface area contributed by atoms with E-state index in [0.717, 1.165) is 0 Å². The molecule has 2 rings (SSSR count). The molecule has 110 valence electrons. The number of sulfonamides is 1. The van der Waals surface area contributed by atoms with Gasteiger partial charge < -0.3 is 5.11 Å². The molecule has 0 aromatic heterocycles. The first-order valence-electron chi connectivity index (χ1n) is 6.31. The minimum absolute atomic E-state index is 0.142. The third-order valence-electron chi connectivity index (χ3n) is 3.54. The Morgan fingerprint density at radius 3 is 2.70 bits per heavy atom. The minimum Gasteiger partial charge on any atom is -0.481 e. The van der Waals surface area contributed by atoms with Crippen LogP contribution in [-0.2, 0) is 14.8 Å². The molecule has 0 amide bonds. The molecule has 0 unspecified atom stereocenters. The van der Waals surface area contributed by atoms with E-state index in [9.17, 15) is 13.2 Å². The third kappa shape index (κ3) is 3.31. The van der Waals surface area contributed by atoms with Gasteiger partial charge in [0.05, 0.1) is 10.8 Å². The number of carboxylic acid groups (broad SMARTS) is 1. The normalized spacial score (nSPS) is 22.9. The lowest BCUT2D eigenvalue weighted by Gasteiger charge is -2.14. The molecule has 7 heteroatoms. The van der Waals surface area contributed by atoms with Crippen LogP contribution in [0.5, 0.6) is 0 Å². The fraction of sp³-hybridized carbons (Fsp3) is 0.462. The lowest BCUT2D eigenvalue weighted by Crippen LogP contribution is -2.33. The van der Waals surface area contributed by atoms with E-state index in [0.29, 0.717) is 29.8 Å². The molecule has 0 aliphatic heterocycles. The Morgan fingerprint density at radius 2 is 2.10 bits per heavy atom. The van der Waals surface area contributed by atoms with E-state index in [-0.39, 0.29) is 10.9 Å². The van der Waals surface area contributed by atoms with Gasteiger partial charge >= 0.3 is 5.97 Å². The van der Waals surface area contributed by atoms with E-state index >= 15 is 0 Å². The fourth-order valence-corrected chi connectivity index (χ4v) is 4.25. The van der Waals surface area contributed by atoms with Gasteiger partial charge in [0.15, 0.2) is 0 Å². The first-order valence-corrected chi connectivity index (χ1v) is 8.17. The van der Waals surface area contributed by atoms with Gasteiger partial charge in [0.1, 0.15) is 0 Å². The van der Waals surface area contributed by atoms with Crippen molar-refractivity contribution in [3.63, 3.8) is 0 Å². The quantitative estimate of drug-likeness (QED) is 0.891. The molecule has 2 N–H and O–H groups in total. The molecular formula is C13H16ClNO4S.